The fraction of sp³-hybridized carbons (Fsp3) is 0.632. The van der Waals surface area contributed by atoms with Crippen molar-refractivity contribution >= 4 is 5.91 Å². The molecule has 1 atom stereocenters. The van der Waals surface area contributed by atoms with Gasteiger partial charge in [0, 0.05) is 13.0 Å². The highest BCUT2D eigenvalue weighted by molar-refractivity contribution is 5.77. The normalized spacial score (nSPS) is 17.1. The van der Waals surface area contributed by atoms with Crippen molar-refractivity contribution in [3.63, 3.8) is 0 Å². The van der Waals surface area contributed by atoms with Gasteiger partial charge in [-0.1, -0.05) is 20.8 Å². The first-order chi connectivity index (χ1) is 11.0. The smallest absolute Gasteiger partial charge is 0.223 e. The van der Waals surface area contributed by atoms with Gasteiger partial charge in [0.15, 0.2) is 11.5 Å². The second kappa shape index (κ2) is 7.71. The third kappa shape index (κ3) is 3.80. The lowest BCUT2D eigenvalue weighted by molar-refractivity contribution is -0.134. The van der Waals surface area contributed by atoms with E-state index in [0.29, 0.717) is 12.3 Å². The number of carbonyl (C=O) groups is 1. The number of amides is 1. The summed E-state index contributed by atoms with van der Waals surface area (Å²) in [6, 6.07) is 4.27. The van der Waals surface area contributed by atoms with Crippen LogP contribution in [-0.4, -0.2) is 31.6 Å². The maximum Gasteiger partial charge on any atom is 0.223 e. The summed E-state index contributed by atoms with van der Waals surface area (Å²) in [5, 5.41) is 0. The zero-order chi connectivity index (χ0) is 17.0. The molecule has 0 fully saturated rings. The number of hydrogen-bond acceptors (Lipinski definition) is 3. The minimum atomic E-state index is 0.137. The summed E-state index contributed by atoms with van der Waals surface area (Å²) >= 11 is 0. The van der Waals surface area contributed by atoms with E-state index in [1.54, 1.807) is 14.2 Å². The number of hydrogen-bond donors (Lipinski definition) is 0. The van der Waals surface area contributed by atoms with Crippen LogP contribution in [0.2, 0.25) is 0 Å². The Morgan fingerprint density at radius 3 is 2.48 bits per heavy atom. The molecule has 128 valence electrons. The predicted octanol–water partition coefficient (Wildman–Crippen LogP) is 3.98. The van der Waals surface area contributed by atoms with Crippen LogP contribution in [0.3, 0.4) is 0 Å². The van der Waals surface area contributed by atoms with Gasteiger partial charge < -0.3 is 14.4 Å². The van der Waals surface area contributed by atoms with Crippen molar-refractivity contribution in [2.45, 2.75) is 52.5 Å². The Bertz CT molecular complexity index is 554. The predicted molar refractivity (Wildman–Crippen MR) is 92.1 cm³/mol. The summed E-state index contributed by atoms with van der Waals surface area (Å²) in [6.45, 7) is 7.26. The molecule has 0 spiro atoms. The molecule has 0 saturated carbocycles. The molecular weight excluding hydrogens is 290 g/mol. The summed E-state index contributed by atoms with van der Waals surface area (Å²) in [4.78, 5) is 14.6. The van der Waals surface area contributed by atoms with E-state index < -0.39 is 0 Å². The molecule has 1 aliphatic rings. The maximum atomic E-state index is 12.5. The minimum Gasteiger partial charge on any atom is -0.493 e. The standard InChI is InChI=1S/C19H29NO3/c1-6-7-19(21)20-9-8-14-11-17(22-4)18(23-5)12-15(14)16(20)10-13(2)3/h11-13,16H,6-10H2,1-5H3. The molecule has 1 unspecified atom stereocenters. The van der Waals surface area contributed by atoms with E-state index in [4.69, 9.17) is 9.47 Å². The quantitative estimate of drug-likeness (QED) is 0.796. The van der Waals surface area contributed by atoms with Gasteiger partial charge >= 0.3 is 0 Å². The first-order valence-electron chi connectivity index (χ1n) is 8.56. The SMILES string of the molecule is CCCC(=O)N1CCc2cc(OC)c(OC)cc2C1CC(C)C. The Hall–Kier alpha value is -1.71. The topological polar surface area (TPSA) is 38.8 Å². The van der Waals surface area contributed by atoms with Crippen molar-refractivity contribution in [3.05, 3.63) is 23.3 Å². The summed E-state index contributed by atoms with van der Waals surface area (Å²) in [5.41, 5.74) is 2.49. The number of nitrogens with zero attached hydrogens (tertiary/aromatic N) is 1. The summed E-state index contributed by atoms with van der Waals surface area (Å²) in [5.74, 6) is 2.29. The van der Waals surface area contributed by atoms with Crippen LogP contribution in [0, 0.1) is 5.92 Å². The van der Waals surface area contributed by atoms with Crippen LogP contribution in [0.15, 0.2) is 12.1 Å². The molecule has 2 rings (SSSR count). The van der Waals surface area contributed by atoms with Crippen LogP contribution in [0.25, 0.3) is 0 Å². The molecule has 0 aromatic heterocycles. The van der Waals surface area contributed by atoms with Gasteiger partial charge in [0.2, 0.25) is 5.91 Å². The Kier molecular flexibility index (Phi) is 5.91. The van der Waals surface area contributed by atoms with Crippen molar-refractivity contribution in [1.29, 1.82) is 0 Å². The van der Waals surface area contributed by atoms with E-state index in [1.165, 1.54) is 11.1 Å². The van der Waals surface area contributed by atoms with Gasteiger partial charge in [-0.3, -0.25) is 4.79 Å². The van der Waals surface area contributed by atoms with Crippen molar-refractivity contribution < 1.29 is 14.3 Å². The molecule has 0 saturated heterocycles. The molecule has 1 aromatic rings. The number of carbonyl (C=O) groups excluding carboxylic acids is 1. The van der Waals surface area contributed by atoms with Crippen LogP contribution in [0.5, 0.6) is 11.5 Å². The molecular formula is C19H29NO3. The molecule has 1 heterocycles. The van der Waals surface area contributed by atoms with Crippen LogP contribution < -0.4 is 9.47 Å². The fourth-order valence-corrected chi connectivity index (χ4v) is 3.38. The van der Waals surface area contributed by atoms with E-state index in [2.05, 4.69) is 37.8 Å². The van der Waals surface area contributed by atoms with Crippen molar-refractivity contribution in [2.24, 2.45) is 5.92 Å². The molecule has 4 nitrogen and oxygen atoms in total. The molecule has 1 aromatic carbocycles. The Balaban J connectivity index is 2.43. The van der Waals surface area contributed by atoms with Gasteiger partial charge in [0.1, 0.15) is 0 Å². The largest absolute Gasteiger partial charge is 0.493 e. The molecule has 0 aliphatic carbocycles. The van der Waals surface area contributed by atoms with Gasteiger partial charge in [0.05, 0.1) is 20.3 Å². The summed E-state index contributed by atoms with van der Waals surface area (Å²) in [7, 11) is 3.32. The van der Waals surface area contributed by atoms with Crippen LogP contribution in [0.4, 0.5) is 0 Å². The van der Waals surface area contributed by atoms with Crippen LogP contribution in [-0.2, 0) is 11.2 Å². The van der Waals surface area contributed by atoms with E-state index in [1.807, 2.05) is 0 Å². The first kappa shape index (κ1) is 17.6. The highest BCUT2D eigenvalue weighted by Gasteiger charge is 2.32. The lowest BCUT2D eigenvalue weighted by Gasteiger charge is -2.39. The highest BCUT2D eigenvalue weighted by atomic mass is 16.5. The van der Waals surface area contributed by atoms with Gasteiger partial charge in [-0.05, 0) is 48.4 Å². The fourth-order valence-electron chi connectivity index (χ4n) is 3.38. The molecule has 4 heteroatoms. The minimum absolute atomic E-state index is 0.137. The monoisotopic (exact) mass is 319 g/mol. The molecule has 0 radical (unpaired) electrons. The Labute approximate surface area is 139 Å². The third-order valence-electron chi connectivity index (χ3n) is 4.48. The van der Waals surface area contributed by atoms with Gasteiger partial charge in [-0.15, -0.1) is 0 Å². The second-order valence-electron chi connectivity index (χ2n) is 6.64. The first-order valence-corrected chi connectivity index (χ1v) is 8.56. The van der Waals surface area contributed by atoms with Crippen molar-refractivity contribution in [3.8, 4) is 11.5 Å². The van der Waals surface area contributed by atoms with E-state index in [0.717, 1.165) is 37.3 Å². The van der Waals surface area contributed by atoms with Gasteiger partial charge in [0.25, 0.3) is 0 Å². The number of rotatable bonds is 6. The number of fused-ring (bicyclic) bond motifs is 1. The van der Waals surface area contributed by atoms with E-state index in [9.17, 15) is 4.79 Å². The van der Waals surface area contributed by atoms with Crippen LogP contribution >= 0.6 is 0 Å². The maximum absolute atomic E-state index is 12.5. The second-order valence-corrected chi connectivity index (χ2v) is 6.64. The summed E-state index contributed by atoms with van der Waals surface area (Å²) in [6.07, 6.45) is 3.36. The van der Waals surface area contributed by atoms with E-state index in [-0.39, 0.29) is 11.9 Å². The third-order valence-corrected chi connectivity index (χ3v) is 4.48. The van der Waals surface area contributed by atoms with Gasteiger partial charge in [-0.2, -0.15) is 0 Å². The van der Waals surface area contributed by atoms with Crippen molar-refractivity contribution in [1.82, 2.24) is 4.90 Å². The molecule has 0 N–H and O–H groups in total. The average Bonchev–Trinajstić information content (AvgIpc) is 2.53. The van der Waals surface area contributed by atoms with E-state index >= 15 is 0 Å². The Morgan fingerprint density at radius 2 is 1.91 bits per heavy atom. The Morgan fingerprint density at radius 1 is 1.26 bits per heavy atom. The lowest BCUT2D eigenvalue weighted by atomic mass is 9.87. The number of methoxy groups -OCH3 is 2. The summed E-state index contributed by atoms with van der Waals surface area (Å²) < 4.78 is 10.9. The zero-order valence-electron chi connectivity index (χ0n) is 15.0. The lowest BCUT2D eigenvalue weighted by Crippen LogP contribution is -2.40. The number of ether oxygens (including phenoxy) is 2. The number of benzene rings is 1. The van der Waals surface area contributed by atoms with Crippen molar-refractivity contribution in [2.75, 3.05) is 20.8 Å². The molecule has 0 bridgehead atoms. The molecule has 23 heavy (non-hydrogen) atoms. The van der Waals surface area contributed by atoms with Gasteiger partial charge in [-0.25, -0.2) is 0 Å². The average molecular weight is 319 g/mol. The van der Waals surface area contributed by atoms with Crippen LogP contribution in [0.1, 0.15) is 57.2 Å². The molecule has 1 amide bonds. The zero-order valence-corrected chi connectivity index (χ0v) is 15.0. The highest BCUT2D eigenvalue weighted by Crippen LogP contribution is 2.40. The molecule has 1 aliphatic heterocycles.